The molecule has 2 aromatic carbocycles. The number of likely N-dealkylation sites (N-methyl/N-ethyl adjacent to an activating group) is 1. The van der Waals surface area contributed by atoms with Gasteiger partial charge in [-0.2, -0.15) is 5.10 Å². The lowest BCUT2D eigenvalue weighted by atomic mass is 10.1. The summed E-state index contributed by atoms with van der Waals surface area (Å²) in [6, 6.07) is 17.7. The molecule has 0 unspecified atom stereocenters. The molecule has 1 N–H and O–H groups in total. The van der Waals surface area contributed by atoms with Crippen molar-refractivity contribution in [3.05, 3.63) is 95.8 Å². The minimum atomic E-state index is -0.233. The lowest BCUT2D eigenvalue weighted by molar-refractivity contribution is 0.102. The van der Waals surface area contributed by atoms with Crippen LogP contribution in [0.5, 0.6) is 5.75 Å². The number of carbonyl (C=O) groups excluding carboxylic acids is 1. The number of ether oxygens (including phenoxy) is 1. The van der Waals surface area contributed by atoms with E-state index in [1.165, 1.54) is 5.56 Å². The monoisotopic (exact) mass is 485 g/mol. The highest BCUT2D eigenvalue weighted by Crippen LogP contribution is 2.23. The maximum atomic E-state index is 13.1. The van der Waals surface area contributed by atoms with E-state index in [0.29, 0.717) is 5.69 Å². The van der Waals surface area contributed by atoms with Crippen molar-refractivity contribution in [2.75, 3.05) is 45.7 Å². The van der Waals surface area contributed by atoms with Gasteiger partial charge in [-0.05, 0) is 67.6 Å². The minimum Gasteiger partial charge on any atom is -0.497 e. The largest absolute Gasteiger partial charge is 0.497 e. The van der Waals surface area contributed by atoms with Crippen LogP contribution < -0.4 is 10.1 Å². The molecule has 0 aliphatic carbocycles. The third-order valence-corrected chi connectivity index (χ3v) is 6.48. The topological polar surface area (TPSA) is 62.6 Å². The summed E-state index contributed by atoms with van der Waals surface area (Å²) < 4.78 is 7.10. The van der Waals surface area contributed by atoms with E-state index in [-0.39, 0.29) is 5.91 Å². The van der Waals surface area contributed by atoms with Crippen molar-refractivity contribution >= 4 is 17.3 Å². The van der Waals surface area contributed by atoms with Crippen LogP contribution in [0.25, 0.3) is 5.70 Å². The molecule has 188 valence electrons. The Morgan fingerprint density at radius 1 is 1.08 bits per heavy atom. The van der Waals surface area contributed by atoms with Crippen molar-refractivity contribution < 1.29 is 9.53 Å². The number of aryl methyl sites for hydroxylation is 1. The first-order valence-corrected chi connectivity index (χ1v) is 12.4. The van der Waals surface area contributed by atoms with E-state index in [1.807, 2.05) is 60.1 Å². The number of benzene rings is 2. The average molecular weight is 486 g/mol. The van der Waals surface area contributed by atoms with E-state index in [4.69, 9.17) is 4.74 Å². The van der Waals surface area contributed by atoms with Gasteiger partial charge in [0.1, 0.15) is 5.75 Å². The van der Waals surface area contributed by atoms with Gasteiger partial charge in [-0.25, -0.2) is 4.68 Å². The zero-order valence-corrected chi connectivity index (χ0v) is 21.4. The Morgan fingerprint density at radius 2 is 1.78 bits per heavy atom. The molecule has 0 spiro atoms. The van der Waals surface area contributed by atoms with Crippen LogP contribution in [0.3, 0.4) is 0 Å². The second-order valence-corrected chi connectivity index (χ2v) is 9.03. The van der Waals surface area contributed by atoms with Gasteiger partial charge in [0.15, 0.2) is 5.69 Å². The molecule has 1 fully saturated rings. The van der Waals surface area contributed by atoms with Crippen LogP contribution in [0.15, 0.2) is 73.3 Å². The van der Waals surface area contributed by atoms with Crippen LogP contribution in [0.1, 0.15) is 34.2 Å². The fourth-order valence-electron chi connectivity index (χ4n) is 4.31. The molecule has 0 atom stereocenters. The molecular formula is C29H35N5O2. The highest BCUT2D eigenvalue weighted by molar-refractivity contribution is 6.03. The van der Waals surface area contributed by atoms with E-state index < -0.39 is 0 Å². The third kappa shape index (κ3) is 6.11. The van der Waals surface area contributed by atoms with Gasteiger partial charge < -0.3 is 15.0 Å². The fourth-order valence-corrected chi connectivity index (χ4v) is 4.31. The first kappa shape index (κ1) is 25.4. The molecule has 0 saturated carbocycles. The van der Waals surface area contributed by atoms with Crippen molar-refractivity contribution in [2.24, 2.45) is 0 Å². The molecular weight excluding hydrogens is 450 g/mol. The van der Waals surface area contributed by atoms with Gasteiger partial charge in [-0.1, -0.05) is 31.7 Å². The number of methoxy groups -OCH3 is 1. The number of rotatable bonds is 9. The predicted octanol–water partition coefficient (Wildman–Crippen LogP) is 4.53. The highest BCUT2D eigenvalue weighted by Gasteiger charge is 2.18. The number of hydrogen-bond donors (Lipinski definition) is 1. The summed E-state index contributed by atoms with van der Waals surface area (Å²) in [5.41, 5.74) is 5.11. The maximum absolute atomic E-state index is 13.1. The molecule has 7 heteroatoms. The normalized spacial score (nSPS) is 15.0. The second kappa shape index (κ2) is 11.8. The van der Waals surface area contributed by atoms with Crippen LogP contribution in [-0.2, 0) is 13.0 Å². The van der Waals surface area contributed by atoms with Gasteiger partial charge in [0.05, 0.1) is 12.8 Å². The van der Waals surface area contributed by atoms with E-state index >= 15 is 0 Å². The zero-order chi connectivity index (χ0) is 25.5. The Labute approximate surface area is 213 Å². The molecule has 1 aliphatic rings. The lowest BCUT2D eigenvalue weighted by Crippen LogP contribution is -2.43. The lowest BCUT2D eigenvalue weighted by Gasteiger charge is -2.32. The Balaban J connectivity index is 1.47. The number of aromatic nitrogens is 2. The molecule has 1 aliphatic heterocycles. The Bertz CT molecular complexity index is 1200. The van der Waals surface area contributed by atoms with E-state index in [1.54, 1.807) is 13.2 Å². The number of anilines is 1. The Kier molecular flexibility index (Phi) is 8.36. The van der Waals surface area contributed by atoms with E-state index in [0.717, 1.165) is 67.5 Å². The second-order valence-electron chi connectivity index (χ2n) is 9.03. The fraction of sp³-hybridized carbons (Fsp3) is 0.310. The number of nitrogens with one attached hydrogen (secondary N) is 1. The Hall–Kier alpha value is -3.68. The molecule has 0 radical (unpaired) electrons. The predicted molar refractivity (Wildman–Crippen MR) is 145 cm³/mol. The Morgan fingerprint density at radius 3 is 2.39 bits per heavy atom. The summed E-state index contributed by atoms with van der Waals surface area (Å²) in [5.74, 6) is 0.547. The van der Waals surface area contributed by atoms with Gasteiger partial charge in [-0.3, -0.25) is 9.69 Å². The first-order chi connectivity index (χ1) is 17.5. The molecule has 1 saturated heterocycles. The number of piperazine rings is 1. The number of hydrogen-bond acceptors (Lipinski definition) is 5. The summed E-state index contributed by atoms with van der Waals surface area (Å²) >= 11 is 0. The summed E-state index contributed by atoms with van der Waals surface area (Å²) in [6.45, 7) is 11.2. The molecule has 1 amide bonds. The number of allylic oxidation sites excluding steroid dienone is 2. The van der Waals surface area contributed by atoms with Gasteiger partial charge in [-0.15, -0.1) is 0 Å². The minimum absolute atomic E-state index is 0.233. The maximum Gasteiger partial charge on any atom is 0.276 e. The third-order valence-electron chi connectivity index (χ3n) is 6.48. The van der Waals surface area contributed by atoms with Crippen LogP contribution in [0.2, 0.25) is 0 Å². The summed E-state index contributed by atoms with van der Waals surface area (Å²) in [5, 5.41) is 7.66. The van der Waals surface area contributed by atoms with Crippen LogP contribution >= 0.6 is 0 Å². The first-order valence-electron chi connectivity index (χ1n) is 12.4. The molecule has 1 aromatic heterocycles. The standard InChI is InChI=1S/C29H35N5O2/c1-5-7-28(23-10-14-26(36-4)15-11-23)34-25(6-2)20-27(31-34)29(35)30-24-12-8-22(9-13-24)21-33-18-16-32(3)17-19-33/h5,7-15,20H,1,6,16-19,21H2,2-4H3,(H,30,35)/b28-7-. The van der Waals surface area contributed by atoms with Crippen molar-refractivity contribution in [1.82, 2.24) is 19.6 Å². The molecule has 7 nitrogen and oxygen atoms in total. The van der Waals surface area contributed by atoms with E-state index in [9.17, 15) is 4.79 Å². The van der Waals surface area contributed by atoms with Gasteiger partial charge in [0.25, 0.3) is 5.91 Å². The zero-order valence-electron chi connectivity index (χ0n) is 21.4. The van der Waals surface area contributed by atoms with Crippen molar-refractivity contribution in [2.45, 2.75) is 19.9 Å². The van der Waals surface area contributed by atoms with Gasteiger partial charge in [0.2, 0.25) is 0 Å². The molecule has 0 bridgehead atoms. The molecule has 3 aromatic rings. The SMILES string of the molecule is C=C/C=C(/c1ccc(OC)cc1)n1nc(C(=O)Nc2ccc(CN3CCN(C)CC3)cc2)cc1CC. The van der Waals surface area contributed by atoms with Crippen LogP contribution in [0.4, 0.5) is 5.69 Å². The molecule has 2 heterocycles. The van der Waals surface area contributed by atoms with Crippen LogP contribution in [0, 0.1) is 0 Å². The number of amides is 1. The molecule has 4 rings (SSSR count). The van der Waals surface area contributed by atoms with Gasteiger partial charge in [0, 0.05) is 49.7 Å². The quantitative estimate of drug-likeness (QED) is 0.451. The average Bonchev–Trinajstić information content (AvgIpc) is 3.34. The van der Waals surface area contributed by atoms with Crippen molar-refractivity contribution in [1.29, 1.82) is 0 Å². The smallest absolute Gasteiger partial charge is 0.276 e. The van der Waals surface area contributed by atoms with Crippen LogP contribution in [-0.4, -0.2) is 65.8 Å². The molecule has 36 heavy (non-hydrogen) atoms. The number of carbonyl (C=O) groups is 1. The van der Waals surface area contributed by atoms with Gasteiger partial charge >= 0.3 is 0 Å². The highest BCUT2D eigenvalue weighted by atomic mass is 16.5. The van der Waals surface area contributed by atoms with Crippen molar-refractivity contribution in [3.8, 4) is 5.75 Å². The summed E-state index contributed by atoms with van der Waals surface area (Å²) in [4.78, 5) is 17.9. The summed E-state index contributed by atoms with van der Waals surface area (Å²) in [7, 11) is 3.81. The summed E-state index contributed by atoms with van der Waals surface area (Å²) in [6.07, 6.45) is 4.35. The van der Waals surface area contributed by atoms with Crippen molar-refractivity contribution in [3.63, 3.8) is 0 Å². The number of nitrogens with zero attached hydrogens (tertiary/aromatic N) is 4. The van der Waals surface area contributed by atoms with E-state index in [2.05, 4.69) is 46.0 Å².